The Labute approximate surface area is 558 Å². The van der Waals surface area contributed by atoms with Gasteiger partial charge in [0.1, 0.15) is 9.79 Å². The number of allylic oxidation sites excluding steroid dienone is 8. The molecule has 0 fully saturated rings. The number of hydrogen-bond donors (Lipinski definition) is 9. The number of carbonyl (C=O) groups is 4. The third-order valence-electron chi connectivity index (χ3n) is 17.9. The van der Waals surface area contributed by atoms with E-state index in [0.717, 1.165) is 29.8 Å². The van der Waals surface area contributed by atoms with Gasteiger partial charge >= 0.3 is 5.97 Å². The van der Waals surface area contributed by atoms with Gasteiger partial charge in [-0.1, -0.05) is 88.5 Å². The monoisotopic (exact) mass is 1430 g/mol. The van der Waals surface area contributed by atoms with Crippen molar-refractivity contribution in [1.29, 1.82) is 0 Å². The number of unbranched alkanes of at least 4 members (excludes halogenated alkanes) is 3. The van der Waals surface area contributed by atoms with Crippen molar-refractivity contribution in [1.82, 2.24) is 15.4 Å². The van der Waals surface area contributed by atoms with Crippen molar-refractivity contribution >= 4 is 107 Å². The lowest BCUT2D eigenvalue weighted by Crippen LogP contribution is -2.40. The average molecular weight is 1430 g/mol. The lowest BCUT2D eigenvalue weighted by atomic mass is 9.75. The highest BCUT2D eigenvalue weighted by atomic mass is 32.2. The molecule has 5 aromatic rings. The second kappa shape index (κ2) is 30.2. The van der Waals surface area contributed by atoms with Crippen LogP contribution in [0.15, 0.2) is 122 Å². The summed E-state index contributed by atoms with van der Waals surface area (Å²) in [5.74, 6) is -3.06. The highest BCUT2D eigenvalue weighted by molar-refractivity contribution is 7.87. The van der Waals surface area contributed by atoms with Crippen LogP contribution in [0.25, 0.3) is 27.1 Å². The number of hydrogen-bond acceptors (Lipinski definition) is 18. The Morgan fingerprint density at radius 1 is 0.594 bits per heavy atom. The molecule has 9 N–H and O–H groups in total. The number of ketones is 1. The fourth-order valence-corrected chi connectivity index (χ4v) is 16.5. The molecule has 2 aliphatic heterocycles. The smallest absolute Gasteiger partial charge is 0.333 e. The van der Waals surface area contributed by atoms with E-state index in [1.165, 1.54) is 18.2 Å². The number of nitrogens with zero attached hydrogens (tertiary/aromatic N) is 2. The molecule has 1 aromatic heterocycles. The molecule has 3 heterocycles. The summed E-state index contributed by atoms with van der Waals surface area (Å²) in [7, 11) is -24.9. The minimum atomic E-state index is -5.16. The summed E-state index contributed by atoms with van der Waals surface area (Å²) in [6.45, 7) is 5.67. The zero-order chi connectivity index (χ0) is 70.3. The van der Waals surface area contributed by atoms with Crippen LogP contribution >= 0.6 is 0 Å². The van der Waals surface area contributed by atoms with Gasteiger partial charge in [0.15, 0.2) is 5.78 Å². The molecule has 0 saturated heterocycles. The highest BCUT2D eigenvalue weighted by Crippen LogP contribution is 2.55. The summed E-state index contributed by atoms with van der Waals surface area (Å²) in [5, 5.41) is 25.4. The predicted molar refractivity (Wildman–Crippen MR) is 356 cm³/mol. The Morgan fingerprint density at radius 2 is 1.17 bits per heavy atom. The maximum atomic E-state index is 13.8. The first-order valence-electron chi connectivity index (χ1n) is 31.5. The van der Waals surface area contributed by atoms with Gasteiger partial charge in [0, 0.05) is 83.9 Å². The molecule has 0 radical (unpaired) electrons. The van der Waals surface area contributed by atoms with E-state index in [9.17, 15) is 94.2 Å². The third kappa shape index (κ3) is 17.9. The normalized spacial score (nSPS) is 19.4. The van der Waals surface area contributed by atoms with Crippen molar-refractivity contribution in [3.8, 4) is 11.8 Å². The molecule has 2 amide bonds. The maximum Gasteiger partial charge on any atom is 0.333 e. The summed E-state index contributed by atoms with van der Waals surface area (Å²) >= 11 is 0. The van der Waals surface area contributed by atoms with E-state index in [4.69, 9.17) is 4.84 Å². The SMILES string of the molecule is CC1(C)C2=C(CCCCCC(=O)NC(C(=O)CCCCCCC(=O)On3c(O)ccc3O)CCCCNC(=O)CCCCCC3(C)C(=CC=CC=C2)N(CCCS(=O)(=O)O)c2ccc4c(S(=O)(=O)O)cc(S(=O)(=O)O)cc4c23)c2ccc3c(S(=O)(=O)O)cc(S(=O)(=O)O)cc3c21. The molecule has 31 heteroatoms. The molecule has 26 nitrogen and oxygen atoms in total. The number of fused-ring (bicyclic) bond motifs is 9. The van der Waals surface area contributed by atoms with Crippen molar-refractivity contribution in [2.75, 3.05) is 23.7 Å². The van der Waals surface area contributed by atoms with E-state index in [1.807, 2.05) is 20.8 Å². The Bertz CT molecular complexity index is 4570. The largest absolute Gasteiger partial charge is 0.492 e. The molecule has 0 bridgehead atoms. The van der Waals surface area contributed by atoms with Crippen molar-refractivity contribution in [3.63, 3.8) is 0 Å². The first kappa shape index (κ1) is 74.5. The number of Topliss-reactive ketones (excluding diaryl/α,β-unsaturated/α-hetero) is 1. The van der Waals surface area contributed by atoms with Gasteiger partial charge in [-0.25, -0.2) is 4.79 Å². The topological polar surface area (TPSA) is 422 Å². The molecule has 96 heavy (non-hydrogen) atoms. The Morgan fingerprint density at radius 3 is 1.77 bits per heavy atom. The molecule has 8 rings (SSSR count). The number of anilines is 1. The first-order chi connectivity index (χ1) is 44.9. The van der Waals surface area contributed by atoms with Crippen LogP contribution in [0, 0.1) is 0 Å². The molecule has 4 aromatic carbocycles. The lowest BCUT2D eigenvalue weighted by molar-refractivity contribution is -0.145. The van der Waals surface area contributed by atoms with Crippen LogP contribution in [0.1, 0.15) is 166 Å². The number of aromatic hydroxyl groups is 2. The number of nitrogens with one attached hydrogen (secondary N) is 2. The van der Waals surface area contributed by atoms with E-state index >= 15 is 0 Å². The molecule has 0 spiro atoms. The average Bonchev–Trinajstić information content (AvgIpc) is 1.53. The first-order valence-corrected chi connectivity index (χ1v) is 38.8. The molecule has 522 valence electrons. The van der Waals surface area contributed by atoms with Crippen LogP contribution in [0.3, 0.4) is 0 Å². The summed E-state index contributed by atoms with van der Waals surface area (Å²) in [4.78, 5) is 56.7. The van der Waals surface area contributed by atoms with Crippen LogP contribution in [0.2, 0.25) is 0 Å². The van der Waals surface area contributed by atoms with Crippen LogP contribution in [-0.2, 0) is 80.6 Å². The van der Waals surface area contributed by atoms with Crippen LogP contribution in [-0.4, -0.2) is 128 Å². The number of aromatic nitrogens is 1. The van der Waals surface area contributed by atoms with Gasteiger partial charge in [-0.05, 0) is 153 Å². The molecule has 1 aliphatic carbocycles. The Balaban J connectivity index is 1.14. The molecular weight excluding hydrogens is 1350 g/mol. The molecule has 3 aliphatic rings. The Hall–Kier alpha value is -7.33. The van der Waals surface area contributed by atoms with Crippen LogP contribution in [0.4, 0.5) is 5.69 Å². The van der Waals surface area contributed by atoms with Gasteiger partial charge in [-0.15, -0.1) is 4.73 Å². The molecular formula is C65H80N4O22S5. The number of carbonyl (C=O) groups excluding carboxylic acids is 4. The van der Waals surface area contributed by atoms with Gasteiger partial charge in [-0.2, -0.15) is 42.1 Å². The standard InChI is InChI=1S/C65H80N4O22S5/c1-64(2)50-21-10-7-12-24-56-65(3,63-49-39-43(94(82,83)84)41-55(96(88,89)90)46(49)30-31-52(63)68(56)36-19-37-92(76,77)78)34-17-8-14-25-57(71)66-35-18-16-22-51(53(70)23-11-4-5-15-27-61(75)91-69-59(73)32-33-60(69)74)67-58(72)26-13-6-9-20-44(50)47-29-28-45-48(62(47)64)38-42(93(79,80)81)40-54(45)95(85,86)87/h7,10,12,21,24,28-33,38-41,51,73-74H,4-6,8-9,11,13-20,22-23,25-27,34-37H2,1-3H3,(H,66,71)(H,67,72)(H,76,77,78)(H,79,80,81)(H,82,83,84)(H,85,86,87)(H,88,89,90). The Kier molecular flexibility index (Phi) is 23.4. The van der Waals surface area contributed by atoms with E-state index in [-0.39, 0.29) is 97.2 Å². The van der Waals surface area contributed by atoms with E-state index in [1.54, 1.807) is 41.3 Å². The minimum absolute atomic E-state index is 0.0147. The van der Waals surface area contributed by atoms with Gasteiger partial charge in [0.05, 0.1) is 21.6 Å². The summed E-state index contributed by atoms with van der Waals surface area (Å²) in [6, 6.07) is 11.0. The number of rotatable bonds is 17. The zero-order valence-electron chi connectivity index (χ0n) is 53.2. The second-order valence-electron chi connectivity index (χ2n) is 25.1. The van der Waals surface area contributed by atoms with Crippen molar-refractivity contribution < 1.29 is 99.1 Å². The minimum Gasteiger partial charge on any atom is -0.492 e. The summed E-state index contributed by atoms with van der Waals surface area (Å²) in [5.41, 5.74) is 1.47. The van der Waals surface area contributed by atoms with Gasteiger partial charge in [0.2, 0.25) is 23.6 Å². The molecule has 0 saturated carbocycles. The zero-order valence-corrected chi connectivity index (χ0v) is 57.3. The van der Waals surface area contributed by atoms with Gasteiger partial charge in [-0.3, -0.25) is 37.1 Å². The molecule has 2 atom stereocenters. The maximum absolute atomic E-state index is 13.8. The van der Waals surface area contributed by atoms with Crippen LogP contribution in [0.5, 0.6) is 11.8 Å². The fraction of sp³-hybridized carbons (Fsp3) is 0.446. The van der Waals surface area contributed by atoms with Crippen molar-refractivity contribution in [2.45, 2.75) is 186 Å². The highest BCUT2D eigenvalue weighted by Gasteiger charge is 2.45. The van der Waals surface area contributed by atoms with Crippen LogP contribution < -0.4 is 20.4 Å². The van der Waals surface area contributed by atoms with E-state index in [2.05, 4.69) is 10.6 Å². The third-order valence-corrected chi connectivity index (χ3v) is 22.1. The summed E-state index contributed by atoms with van der Waals surface area (Å²) in [6.07, 6.45) is 15.0. The van der Waals surface area contributed by atoms with Crippen molar-refractivity contribution in [2.24, 2.45) is 0 Å². The number of amides is 2. The quantitative estimate of drug-likeness (QED) is 0.0309. The fourth-order valence-electron chi connectivity index (χ4n) is 13.3. The number of benzene rings is 4. The summed E-state index contributed by atoms with van der Waals surface area (Å²) < 4.78 is 179. The van der Waals surface area contributed by atoms with Gasteiger partial charge in [0.25, 0.3) is 50.6 Å². The van der Waals surface area contributed by atoms with Crippen molar-refractivity contribution in [3.05, 3.63) is 119 Å². The lowest BCUT2D eigenvalue weighted by Gasteiger charge is -2.31. The molecule has 2 unspecified atom stereocenters. The predicted octanol–water partition coefficient (Wildman–Crippen LogP) is 9.54. The van der Waals surface area contributed by atoms with Gasteiger partial charge < -0.3 is 30.6 Å². The van der Waals surface area contributed by atoms with E-state index < -0.39 is 111 Å². The second-order valence-corrected chi connectivity index (χ2v) is 32.3. The van der Waals surface area contributed by atoms with E-state index in [0.29, 0.717) is 134 Å².